The molecular weight excluding hydrogens is 434 g/mol. The van der Waals surface area contributed by atoms with Crippen LogP contribution in [0, 0.1) is 0 Å². The van der Waals surface area contributed by atoms with Crippen LogP contribution >= 0.6 is 0 Å². The van der Waals surface area contributed by atoms with Crippen molar-refractivity contribution in [1.29, 1.82) is 0 Å². The van der Waals surface area contributed by atoms with Crippen molar-refractivity contribution in [2.75, 3.05) is 36.1 Å². The van der Waals surface area contributed by atoms with Crippen LogP contribution < -0.4 is 26.4 Å². The molecule has 1 fully saturated rings. The van der Waals surface area contributed by atoms with E-state index in [2.05, 4.69) is 25.9 Å². The molecule has 1 saturated heterocycles. The molecule has 3 amide bonds. The predicted octanol–water partition coefficient (Wildman–Crippen LogP) is 3.57. The summed E-state index contributed by atoms with van der Waals surface area (Å²) in [5.74, 6) is 0.499. The van der Waals surface area contributed by atoms with Gasteiger partial charge >= 0.3 is 6.03 Å². The number of rotatable bonds is 8. The van der Waals surface area contributed by atoms with Gasteiger partial charge in [0, 0.05) is 31.5 Å². The first-order valence-corrected chi connectivity index (χ1v) is 11.0. The number of benzene rings is 2. The number of hydrogen-bond donors (Lipinski definition) is 4. The van der Waals surface area contributed by atoms with E-state index in [-0.39, 0.29) is 17.5 Å². The van der Waals surface area contributed by atoms with Crippen molar-refractivity contribution in [3.05, 3.63) is 65.9 Å². The minimum atomic E-state index is -0.626. The number of nitrogens with two attached hydrogens (primary N) is 1. The second-order valence-electron chi connectivity index (χ2n) is 7.82. The quantitative estimate of drug-likeness (QED) is 0.403. The van der Waals surface area contributed by atoms with Crippen LogP contribution in [0.2, 0.25) is 0 Å². The summed E-state index contributed by atoms with van der Waals surface area (Å²) in [7, 11) is 1.55. The number of carbonyl (C=O) groups is 2. The second-order valence-corrected chi connectivity index (χ2v) is 7.82. The first kappa shape index (κ1) is 22.8. The number of primary amides is 1. The van der Waals surface area contributed by atoms with E-state index in [0.29, 0.717) is 29.5 Å². The lowest BCUT2D eigenvalue weighted by atomic mass is 10.2. The van der Waals surface area contributed by atoms with Crippen molar-refractivity contribution in [3.8, 4) is 5.75 Å². The molecule has 3 aromatic rings. The predicted molar refractivity (Wildman–Crippen MR) is 130 cm³/mol. The van der Waals surface area contributed by atoms with Gasteiger partial charge in [-0.3, -0.25) is 4.79 Å². The third kappa shape index (κ3) is 5.52. The summed E-state index contributed by atoms with van der Waals surface area (Å²) < 4.78 is 5.40. The van der Waals surface area contributed by atoms with Crippen molar-refractivity contribution in [2.45, 2.75) is 19.4 Å². The summed E-state index contributed by atoms with van der Waals surface area (Å²) in [5.41, 5.74) is 7.88. The summed E-state index contributed by atoms with van der Waals surface area (Å²) in [4.78, 5) is 34.8. The topological polar surface area (TPSA) is 135 Å². The molecule has 2 aromatic carbocycles. The first-order valence-electron chi connectivity index (χ1n) is 11.0. The van der Waals surface area contributed by atoms with Gasteiger partial charge in [-0.15, -0.1) is 0 Å². The first-order chi connectivity index (χ1) is 16.5. The van der Waals surface area contributed by atoms with Gasteiger partial charge in [0.1, 0.15) is 11.6 Å². The summed E-state index contributed by atoms with van der Waals surface area (Å²) in [5, 5.41) is 9.17. The Labute approximate surface area is 197 Å². The molecule has 0 aliphatic carbocycles. The number of nitrogens with zero attached hydrogens (tertiary/aromatic N) is 3. The lowest BCUT2D eigenvalue weighted by molar-refractivity contribution is 0.100. The van der Waals surface area contributed by atoms with Gasteiger partial charge in [-0.25, -0.2) is 9.78 Å². The fourth-order valence-corrected chi connectivity index (χ4v) is 3.67. The molecule has 1 aromatic heterocycles. The van der Waals surface area contributed by atoms with Gasteiger partial charge in [0.05, 0.1) is 18.4 Å². The Hall–Kier alpha value is -4.34. The van der Waals surface area contributed by atoms with Crippen LogP contribution in [0.5, 0.6) is 5.75 Å². The zero-order valence-corrected chi connectivity index (χ0v) is 18.9. The molecule has 4 rings (SSSR count). The maximum atomic E-state index is 12.5. The minimum absolute atomic E-state index is 0.164. The van der Waals surface area contributed by atoms with Crippen LogP contribution in [0.4, 0.5) is 27.9 Å². The number of carbonyl (C=O) groups excluding carboxylic acids is 2. The smallest absolute Gasteiger partial charge is 0.321 e. The molecule has 176 valence electrons. The zero-order valence-electron chi connectivity index (χ0n) is 18.9. The Balaban J connectivity index is 1.53. The van der Waals surface area contributed by atoms with E-state index in [1.54, 1.807) is 30.2 Å². The third-order valence-electron chi connectivity index (χ3n) is 5.45. The highest BCUT2D eigenvalue weighted by molar-refractivity contribution is 5.97. The Morgan fingerprint density at radius 3 is 2.59 bits per heavy atom. The number of nitrogens with one attached hydrogen (secondary N) is 3. The van der Waals surface area contributed by atoms with E-state index in [0.717, 1.165) is 31.5 Å². The summed E-state index contributed by atoms with van der Waals surface area (Å²) >= 11 is 0. The number of ether oxygens (including phenoxy) is 1. The molecule has 0 atom stereocenters. The molecule has 34 heavy (non-hydrogen) atoms. The second kappa shape index (κ2) is 10.5. The van der Waals surface area contributed by atoms with E-state index in [4.69, 9.17) is 10.5 Å². The largest absolute Gasteiger partial charge is 0.495 e. The lowest BCUT2D eigenvalue weighted by Gasteiger charge is -2.18. The van der Waals surface area contributed by atoms with Crippen LogP contribution in [-0.2, 0) is 6.54 Å². The summed E-state index contributed by atoms with van der Waals surface area (Å²) in [6.07, 6.45) is 3.39. The van der Waals surface area contributed by atoms with E-state index in [1.165, 1.54) is 6.20 Å². The highest BCUT2D eigenvalue weighted by Gasteiger charge is 2.19. The molecule has 2 heterocycles. The molecule has 0 saturated carbocycles. The van der Waals surface area contributed by atoms with Crippen LogP contribution in [0.3, 0.4) is 0 Å². The van der Waals surface area contributed by atoms with E-state index in [1.807, 2.05) is 30.3 Å². The number of anilines is 4. The Bertz CT molecular complexity index is 1160. The fourth-order valence-electron chi connectivity index (χ4n) is 3.67. The van der Waals surface area contributed by atoms with Crippen molar-refractivity contribution in [1.82, 2.24) is 14.9 Å². The number of amides is 3. The molecule has 0 spiro atoms. The van der Waals surface area contributed by atoms with E-state index < -0.39 is 5.91 Å². The average Bonchev–Trinajstić information content (AvgIpc) is 3.39. The number of hydrogen-bond acceptors (Lipinski definition) is 7. The Kier molecular flexibility index (Phi) is 7.07. The highest BCUT2D eigenvalue weighted by atomic mass is 16.5. The molecule has 1 aliphatic rings. The maximum Gasteiger partial charge on any atom is 0.321 e. The van der Waals surface area contributed by atoms with Gasteiger partial charge in [-0.1, -0.05) is 30.3 Å². The maximum absolute atomic E-state index is 12.5. The molecule has 0 radical (unpaired) electrons. The van der Waals surface area contributed by atoms with Crippen molar-refractivity contribution < 1.29 is 14.3 Å². The van der Waals surface area contributed by atoms with Gasteiger partial charge in [-0.05, 0) is 36.6 Å². The SMILES string of the molecule is COc1ccc(Nc2ncc(C(N)=O)c(NCc3ccccc3)n2)cc1NC(=O)N1CCCC1. The molecule has 0 bridgehead atoms. The molecule has 10 heteroatoms. The molecule has 1 aliphatic heterocycles. The van der Waals surface area contributed by atoms with E-state index >= 15 is 0 Å². The van der Waals surface area contributed by atoms with Crippen molar-refractivity contribution in [2.24, 2.45) is 5.73 Å². The zero-order chi connectivity index (χ0) is 23.9. The number of aromatic nitrogens is 2. The average molecular weight is 462 g/mol. The van der Waals surface area contributed by atoms with Crippen LogP contribution in [0.25, 0.3) is 0 Å². The van der Waals surface area contributed by atoms with Gasteiger partial charge in [0.25, 0.3) is 5.91 Å². The summed E-state index contributed by atoms with van der Waals surface area (Å²) in [6.45, 7) is 1.95. The summed E-state index contributed by atoms with van der Waals surface area (Å²) in [6, 6.07) is 14.8. The van der Waals surface area contributed by atoms with Gasteiger partial charge in [0.15, 0.2) is 0 Å². The number of likely N-dealkylation sites (tertiary alicyclic amines) is 1. The monoisotopic (exact) mass is 461 g/mol. The Morgan fingerprint density at radius 2 is 1.88 bits per heavy atom. The lowest BCUT2D eigenvalue weighted by Crippen LogP contribution is -2.32. The number of urea groups is 1. The van der Waals surface area contributed by atoms with Gasteiger partial charge < -0.3 is 31.3 Å². The minimum Gasteiger partial charge on any atom is -0.495 e. The van der Waals surface area contributed by atoms with Gasteiger partial charge in [0.2, 0.25) is 5.95 Å². The standard InChI is InChI=1S/C24H27N7O3/c1-34-20-10-9-17(13-19(20)29-24(33)31-11-5-6-12-31)28-23-27-15-18(21(25)32)22(30-23)26-14-16-7-3-2-4-8-16/h2-4,7-10,13,15H,5-6,11-12,14H2,1H3,(H2,25,32)(H,29,33)(H2,26,27,28,30). The van der Waals surface area contributed by atoms with Crippen molar-refractivity contribution in [3.63, 3.8) is 0 Å². The molecule has 0 unspecified atom stereocenters. The number of methoxy groups -OCH3 is 1. The van der Waals surface area contributed by atoms with Crippen LogP contribution in [0.1, 0.15) is 28.8 Å². The fraction of sp³-hybridized carbons (Fsp3) is 0.250. The van der Waals surface area contributed by atoms with Gasteiger partial charge in [-0.2, -0.15) is 4.98 Å². The van der Waals surface area contributed by atoms with Crippen LogP contribution in [0.15, 0.2) is 54.7 Å². The van der Waals surface area contributed by atoms with Crippen LogP contribution in [-0.4, -0.2) is 47.0 Å². The Morgan fingerprint density at radius 1 is 1.12 bits per heavy atom. The molecule has 5 N–H and O–H groups in total. The molecule has 10 nitrogen and oxygen atoms in total. The highest BCUT2D eigenvalue weighted by Crippen LogP contribution is 2.30. The third-order valence-corrected chi connectivity index (χ3v) is 5.45. The van der Waals surface area contributed by atoms with Crippen molar-refractivity contribution >= 4 is 35.1 Å². The molecular formula is C24H27N7O3. The van der Waals surface area contributed by atoms with E-state index in [9.17, 15) is 9.59 Å². The normalized spacial score (nSPS) is 12.8.